The number of imidazole rings is 2. The normalized spacial score (nSPS) is 20.1. The summed E-state index contributed by atoms with van der Waals surface area (Å²) in [5.74, 6) is -3.92. The summed E-state index contributed by atoms with van der Waals surface area (Å²) in [6.07, 6.45) is 21.4. The molecule has 0 aliphatic carbocycles. The van der Waals surface area contributed by atoms with E-state index in [0.717, 1.165) is 43.2 Å². The summed E-state index contributed by atoms with van der Waals surface area (Å²) in [5, 5.41) is 15.6. The fourth-order valence-corrected chi connectivity index (χ4v) is 34.4. The SMILES string of the molecule is CCC[CH2][Sn]([CH2]CCC)([CH2]CCC)[c]1cn(C)cn1.CN1[C@@H](C(=O)O)C[C@@H](c2ncc(Br)s2)NS1(=O)=O.CN1[C@H](C(=O)Nc2ccc(F)c(Cl)c2)C[C@H](c2ncc(-c3cn(C)cn3)s2)NS1(=O)=O.CN1[C@H](C(=O)Nc2ccc(F)c(Cl)c2)C[C@H](c2ncc(Br)s2)NS1(=O)=O.Nc1ccc(F)c(Cl)c1. The van der Waals surface area contributed by atoms with E-state index in [1.54, 1.807) is 33.2 Å². The first-order valence-electron chi connectivity index (χ1n) is 31.9. The predicted molar refractivity (Wildman–Crippen MR) is 408 cm³/mol. The Hall–Kier alpha value is -4.79. The van der Waals surface area contributed by atoms with E-state index in [2.05, 4.69) is 115 Å². The Labute approximate surface area is 644 Å². The molecule has 103 heavy (non-hydrogen) atoms. The molecule has 0 radical (unpaired) electrons. The molecule has 8 aromatic rings. The molecule has 3 fully saturated rings. The van der Waals surface area contributed by atoms with Crippen LogP contribution in [0.25, 0.3) is 10.6 Å². The molecule has 0 bridgehead atoms. The first-order chi connectivity index (χ1) is 48.5. The zero-order chi connectivity index (χ0) is 75.9. The molecule has 5 aromatic heterocycles. The van der Waals surface area contributed by atoms with E-state index < -0.39 is 120 Å². The smallest absolute Gasteiger partial charge is 0.322 e. The number of halogens is 8. The zero-order valence-corrected chi connectivity index (χ0v) is 70.0. The van der Waals surface area contributed by atoms with Gasteiger partial charge in [-0.05, 0) is 106 Å². The van der Waals surface area contributed by atoms with Crippen molar-refractivity contribution >= 4 is 188 Å². The van der Waals surface area contributed by atoms with Crippen LogP contribution < -0.4 is 34.2 Å². The summed E-state index contributed by atoms with van der Waals surface area (Å²) in [5.41, 5.74) is 7.02. The summed E-state index contributed by atoms with van der Waals surface area (Å²) in [4.78, 5) is 59.0. The summed E-state index contributed by atoms with van der Waals surface area (Å²) >= 11 is 25.0. The average molecular weight is 1840 g/mol. The summed E-state index contributed by atoms with van der Waals surface area (Å²) in [6, 6.07) is 6.59. The largest absolute Gasteiger partial charge is 0.480 e. The van der Waals surface area contributed by atoms with E-state index >= 15 is 0 Å². The second-order valence-electron chi connectivity index (χ2n) is 24.1. The van der Waals surface area contributed by atoms with Crippen molar-refractivity contribution in [2.75, 3.05) is 37.5 Å². The van der Waals surface area contributed by atoms with E-state index in [-0.39, 0.29) is 45.7 Å². The maximum Gasteiger partial charge on any atom is 0.322 e. The molecule has 0 spiro atoms. The Balaban J connectivity index is 0.000000188. The van der Waals surface area contributed by atoms with Gasteiger partial charge in [-0.25, -0.2) is 33.1 Å². The molecule has 3 saturated heterocycles. The number of carboxylic acid groups (broad SMARTS) is 1. The molecule has 562 valence electrons. The van der Waals surface area contributed by atoms with Crippen molar-refractivity contribution in [3.63, 3.8) is 0 Å². The van der Waals surface area contributed by atoms with Crippen LogP contribution in [0.3, 0.4) is 0 Å². The second-order valence-corrected chi connectivity index (χ2v) is 49.6. The number of aromatic nitrogens is 7. The van der Waals surface area contributed by atoms with Gasteiger partial charge in [0.05, 0.1) is 70.1 Å². The molecule has 41 heteroatoms. The Morgan fingerprint density at radius 1 is 0.573 bits per heavy atom. The number of nitrogens with one attached hydrogen (secondary N) is 5. The molecular formula is C62H78Br2Cl3F3N16O10S6Sn. The van der Waals surface area contributed by atoms with E-state index in [1.165, 1.54) is 149 Å². The van der Waals surface area contributed by atoms with Gasteiger partial charge in [-0.1, -0.05) is 34.8 Å². The van der Waals surface area contributed by atoms with Gasteiger partial charge in [0.25, 0.3) is 30.6 Å². The minimum atomic E-state index is -3.93. The fraction of sp³-hybridized carbons (Fsp3) is 0.419. The molecule has 8 heterocycles. The molecule has 3 aromatic carbocycles. The van der Waals surface area contributed by atoms with Crippen molar-refractivity contribution in [1.29, 1.82) is 0 Å². The number of hydrogen-bond donors (Lipinski definition) is 7. The number of benzene rings is 3. The number of carbonyl (C=O) groups excluding carboxylic acids is 2. The maximum absolute atomic E-state index is 13.4. The quantitative estimate of drug-likeness (QED) is 0.0292. The predicted octanol–water partition coefficient (Wildman–Crippen LogP) is 12.6. The molecular weight excluding hydrogens is 1760 g/mol. The van der Waals surface area contributed by atoms with Gasteiger partial charge in [-0.3, -0.25) is 14.4 Å². The van der Waals surface area contributed by atoms with Crippen molar-refractivity contribution in [2.45, 2.75) is 128 Å². The van der Waals surface area contributed by atoms with Gasteiger partial charge in [-0.15, -0.1) is 34.0 Å². The van der Waals surface area contributed by atoms with Crippen LogP contribution in [0.4, 0.5) is 30.2 Å². The third kappa shape index (κ3) is 23.6. The molecule has 3 aliphatic heterocycles. The first-order valence-corrected chi connectivity index (χ1v) is 48.8. The van der Waals surface area contributed by atoms with Crippen molar-refractivity contribution in [3.8, 4) is 10.6 Å². The fourth-order valence-electron chi connectivity index (χ4n) is 10.9. The van der Waals surface area contributed by atoms with Gasteiger partial charge in [0.2, 0.25) is 11.8 Å². The van der Waals surface area contributed by atoms with Crippen molar-refractivity contribution in [3.05, 3.63) is 153 Å². The minimum absolute atomic E-state index is 0.0648. The Morgan fingerprint density at radius 3 is 1.30 bits per heavy atom. The van der Waals surface area contributed by atoms with Crippen LogP contribution in [0.5, 0.6) is 0 Å². The van der Waals surface area contributed by atoms with E-state index in [1.807, 2.05) is 19.6 Å². The summed E-state index contributed by atoms with van der Waals surface area (Å²) in [6.45, 7) is 6.98. The summed E-state index contributed by atoms with van der Waals surface area (Å²) in [7, 11) is -3.73. The molecule has 26 nitrogen and oxygen atoms in total. The number of thiazole rings is 3. The monoisotopic (exact) mass is 1840 g/mol. The third-order valence-electron chi connectivity index (χ3n) is 16.6. The minimum Gasteiger partial charge on any atom is -0.480 e. The number of amides is 2. The van der Waals surface area contributed by atoms with Crippen molar-refractivity contribution in [1.82, 2.24) is 61.1 Å². The van der Waals surface area contributed by atoms with E-state index in [4.69, 9.17) is 50.6 Å². The molecule has 8 N–H and O–H groups in total. The van der Waals surface area contributed by atoms with Gasteiger partial charge >= 0.3 is 130 Å². The topological polar surface area (TPSA) is 344 Å². The Kier molecular flexibility index (Phi) is 31.8. The number of anilines is 3. The van der Waals surface area contributed by atoms with Gasteiger partial charge < -0.3 is 26.0 Å². The molecule has 2 amide bonds. The van der Waals surface area contributed by atoms with Gasteiger partial charge in [0.1, 0.15) is 50.6 Å². The van der Waals surface area contributed by atoms with Crippen LogP contribution in [-0.2, 0) is 59.1 Å². The molecule has 11 rings (SSSR count). The number of likely N-dealkylation sites (N-methyl/N-ethyl adjacent to an activating group) is 3. The van der Waals surface area contributed by atoms with Crippen LogP contribution in [0, 0.1) is 17.5 Å². The number of carboxylic acids is 1. The maximum atomic E-state index is 13.4. The number of nitrogens with two attached hydrogens (primary N) is 1. The number of nitrogen functional groups attached to an aromatic ring is 1. The van der Waals surface area contributed by atoms with Gasteiger partial charge in [0, 0.05) is 57.6 Å². The molecule has 3 aliphatic rings. The number of nitrogens with zero attached hydrogens (tertiary/aromatic N) is 10. The number of aliphatic carboxylic acids is 1. The number of carbonyl (C=O) groups is 3. The number of rotatable bonds is 19. The Morgan fingerprint density at radius 2 is 0.951 bits per heavy atom. The van der Waals surface area contributed by atoms with Crippen molar-refractivity contribution < 1.29 is 57.9 Å². The Bertz CT molecular complexity index is 4570. The van der Waals surface area contributed by atoms with Gasteiger partial charge in [-0.2, -0.15) is 52.3 Å². The van der Waals surface area contributed by atoms with Crippen LogP contribution in [0.1, 0.15) is 112 Å². The number of aryl methyl sites for hydroxylation is 2. The zero-order valence-electron chi connectivity index (χ0n) is 56.8. The van der Waals surface area contributed by atoms with Crippen LogP contribution in [0.2, 0.25) is 28.4 Å². The molecule has 6 atom stereocenters. The van der Waals surface area contributed by atoms with E-state index in [9.17, 15) is 52.8 Å². The molecule has 0 unspecified atom stereocenters. The second kappa shape index (κ2) is 38.3. The van der Waals surface area contributed by atoms with E-state index in [0.29, 0.717) is 20.7 Å². The number of hydrogen-bond acceptors (Lipinski definition) is 18. The van der Waals surface area contributed by atoms with Crippen LogP contribution in [0.15, 0.2) is 106 Å². The van der Waals surface area contributed by atoms with Crippen LogP contribution in [-0.4, -0.2) is 153 Å². The van der Waals surface area contributed by atoms with Crippen molar-refractivity contribution in [2.24, 2.45) is 14.1 Å². The third-order valence-corrected chi connectivity index (χ3v) is 41.6. The standard InChI is InChI=1S/C18H18ClFN6O3S2.C14H13BrClFN4O3S2.C8H10BrN3O4S2.C6H5ClFN.C4H5N2.3C4H9.Sn/c1-25-8-14(22-9-25)16-7-21-18(30-16)13-6-15(26(2)31(28,29)24-13)17(27)23-10-3-4-12(20)11(19)5-10;1-21-11(13(22)19-7-2-3-9(17)8(16)4-7)5-10(20-26(21,23)24)14-18-6-12(15)25-14;1-12-5(8(13)14)2-4(11-18(12,15)16)7-10-3-6(9)17-7;7-5-3-4(9)1-2-6(5)8;1-6-3-2-5-4-6;3*1-3-4-2;/h3-5,7-9,13,15,24H,6H2,1-2H3,(H,23,27);2-4,6,10-11,20H,5H2,1H3,(H,19,22);3-5,11H,2H2,1H3,(H,13,14);1-3H,9H2;3-4H,1H3;3*1,3-4H2,2H3;/t13-,15+;10-,11+;4-,5+;;;;;;/m110....../s1. The average Bonchev–Trinajstić information content (AvgIpc) is 1.77. The molecule has 0 saturated carbocycles. The number of unbranched alkanes of at least 4 members (excludes halogenated alkanes) is 3. The van der Waals surface area contributed by atoms with Gasteiger partial charge in [0.15, 0.2) is 0 Å². The summed E-state index contributed by atoms with van der Waals surface area (Å²) < 4.78 is 134. The first kappa shape index (κ1) is 85.5. The van der Waals surface area contributed by atoms with Crippen LogP contribution >= 0.6 is 101 Å².